The summed E-state index contributed by atoms with van der Waals surface area (Å²) in [5.41, 5.74) is 4.73. The Labute approximate surface area is 213 Å². The van der Waals surface area contributed by atoms with Gasteiger partial charge in [0.05, 0.1) is 13.7 Å². The summed E-state index contributed by atoms with van der Waals surface area (Å²) in [5, 5.41) is 10.0. The second kappa shape index (κ2) is 10.8. The zero-order chi connectivity index (χ0) is 25.1. The van der Waals surface area contributed by atoms with Crippen LogP contribution in [-0.2, 0) is 9.47 Å². The maximum absolute atomic E-state index is 10.0. The fourth-order valence-corrected chi connectivity index (χ4v) is 5.77. The molecule has 0 aliphatic carbocycles. The number of aromatic hydroxyl groups is 1. The molecule has 0 amide bonds. The highest BCUT2D eigenvalue weighted by Crippen LogP contribution is 2.47. The van der Waals surface area contributed by atoms with Gasteiger partial charge >= 0.3 is 0 Å². The second-order valence-electron chi connectivity index (χ2n) is 9.65. The summed E-state index contributed by atoms with van der Waals surface area (Å²) in [7, 11) is 5.13. The van der Waals surface area contributed by atoms with Gasteiger partial charge in [0.15, 0.2) is 6.29 Å². The Bertz CT molecular complexity index is 1150. The van der Waals surface area contributed by atoms with Gasteiger partial charge in [0, 0.05) is 62.4 Å². The van der Waals surface area contributed by atoms with Crippen molar-refractivity contribution in [2.24, 2.45) is 5.92 Å². The minimum atomic E-state index is -0.129. The lowest BCUT2D eigenvalue weighted by molar-refractivity contribution is -0.141. The first-order chi connectivity index (χ1) is 17.6. The summed E-state index contributed by atoms with van der Waals surface area (Å²) in [6, 6.07) is 22.6. The number of anilines is 1. The molecule has 1 saturated heterocycles. The van der Waals surface area contributed by atoms with E-state index in [1.165, 1.54) is 16.8 Å². The normalized spacial score (nSPS) is 20.2. The molecule has 1 fully saturated rings. The number of nitrogens with zero attached hydrogens (tertiary/aromatic N) is 1. The topological polar surface area (TPSA) is 60.4 Å². The Hall–Kier alpha value is -3.22. The van der Waals surface area contributed by atoms with Gasteiger partial charge in [-0.05, 0) is 54.3 Å². The minimum absolute atomic E-state index is 0.102. The number of rotatable bonds is 7. The van der Waals surface area contributed by atoms with Crippen molar-refractivity contribution in [2.75, 3.05) is 45.9 Å². The van der Waals surface area contributed by atoms with Crippen molar-refractivity contribution < 1.29 is 24.1 Å². The average molecular weight is 490 g/mol. The van der Waals surface area contributed by atoms with Gasteiger partial charge in [0.25, 0.3) is 0 Å². The number of phenols is 1. The fourth-order valence-electron chi connectivity index (χ4n) is 5.77. The first kappa shape index (κ1) is 24.5. The highest BCUT2D eigenvalue weighted by molar-refractivity contribution is 5.54. The molecule has 2 aliphatic heterocycles. The van der Waals surface area contributed by atoms with Crippen molar-refractivity contribution in [1.29, 1.82) is 0 Å². The summed E-state index contributed by atoms with van der Waals surface area (Å²) in [6.07, 6.45) is 1.96. The van der Waals surface area contributed by atoms with Crippen LogP contribution in [0.5, 0.6) is 17.2 Å². The molecule has 0 saturated carbocycles. The van der Waals surface area contributed by atoms with Crippen molar-refractivity contribution in [3.05, 3.63) is 83.4 Å². The molecule has 0 spiro atoms. The van der Waals surface area contributed by atoms with Gasteiger partial charge in [-0.15, -0.1) is 0 Å². The molecule has 2 heterocycles. The van der Waals surface area contributed by atoms with Gasteiger partial charge in [-0.1, -0.05) is 30.3 Å². The Morgan fingerprint density at radius 2 is 1.64 bits per heavy atom. The number of methoxy groups -OCH3 is 3. The summed E-state index contributed by atoms with van der Waals surface area (Å²) in [4.78, 5) is 2.44. The number of phenolic OH excluding ortho intramolecular Hbond substituents is 1. The average Bonchev–Trinajstić information content (AvgIpc) is 2.93. The predicted octanol–water partition coefficient (Wildman–Crippen LogP) is 5.54. The standard InChI is InChI=1S/C30H35NO5/c1-33-25-6-4-5-22(17-25)27-19-36-28-18-24(32)11-12-26(28)29(27)20-7-9-23(10-8-20)31-15-13-21(14-16-31)30(34-2)35-3/h4-12,17-18,21,27,29-30,32H,13-16,19H2,1-3H3/t27-,29-/m0/s1. The van der Waals surface area contributed by atoms with Gasteiger partial charge in [0.2, 0.25) is 0 Å². The maximum Gasteiger partial charge on any atom is 0.159 e. The predicted molar refractivity (Wildman–Crippen MR) is 140 cm³/mol. The Kier molecular flexibility index (Phi) is 7.35. The quantitative estimate of drug-likeness (QED) is 0.440. The number of hydrogen-bond acceptors (Lipinski definition) is 6. The lowest BCUT2D eigenvalue weighted by Gasteiger charge is -2.37. The van der Waals surface area contributed by atoms with E-state index in [9.17, 15) is 5.11 Å². The lowest BCUT2D eigenvalue weighted by atomic mass is 9.76. The van der Waals surface area contributed by atoms with Crippen LogP contribution in [0.4, 0.5) is 5.69 Å². The number of benzene rings is 3. The van der Waals surface area contributed by atoms with Crippen LogP contribution in [0, 0.1) is 5.92 Å². The molecule has 190 valence electrons. The molecule has 2 atom stereocenters. The molecule has 0 aromatic heterocycles. The van der Waals surface area contributed by atoms with E-state index in [-0.39, 0.29) is 23.9 Å². The molecule has 0 unspecified atom stereocenters. The Morgan fingerprint density at radius 1 is 0.889 bits per heavy atom. The van der Waals surface area contributed by atoms with Crippen LogP contribution in [0.15, 0.2) is 66.7 Å². The van der Waals surface area contributed by atoms with Gasteiger partial charge in [-0.3, -0.25) is 0 Å². The largest absolute Gasteiger partial charge is 0.508 e. The lowest BCUT2D eigenvalue weighted by Crippen LogP contribution is -2.39. The molecule has 3 aromatic carbocycles. The second-order valence-corrected chi connectivity index (χ2v) is 9.65. The van der Waals surface area contributed by atoms with E-state index in [2.05, 4.69) is 41.3 Å². The Balaban J connectivity index is 1.41. The minimum Gasteiger partial charge on any atom is -0.508 e. The van der Waals surface area contributed by atoms with E-state index in [1.807, 2.05) is 18.2 Å². The molecule has 6 heteroatoms. The monoisotopic (exact) mass is 489 g/mol. The number of fused-ring (bicyclic) bond motifs is 1. The number of ether oxygens (including phenoxy) is 4. The zero-order valence-electron chi connectivity index (χ0n) is 21.2. The fraction of sp³-hybridized carbons (Fsp3) is 0.400. The molecule has 6 nitrogen and oxygen atoms in total. The summed E-state index contributed by atoms with van der Waals surface area (Å²) >= 11 is 0. The molecule has 3 aromatic rings. The van der Waals surface area contributed by atoms with E-state index in [0.717, 1.165) is 43.0 Å². The third-order valence-electron chi connectivity index (χ3n) is 7.68. The SMILES string of the molecule is COc1cccc([C@@H]2COc3cc(O)ccc3[C@@H]2c2ccc(N3CCC(C(OC)OC)CC3)cc2)c1. The van der Waals surface area contributed by atoms with E-state index >= 15 is 0 Å². The van der Waals surface area contributed by atoms with Crippen molar-refractivity contribution in [1.82, 2.24) is 0 Å². The van der Waals surface area contributed by atoms with Crippen LogP contribution in [0.1, 0.15) is 41.4 Å². The smallest absolute Gasteiger partial charge is 0.159 e. The first-order valence-electron chi connectivity index (χ1n) is 12.6. The molecule has 1 N–H and O–H groups in total. The molecular formula is C30H35NO5. The maximum atomic E-state index is 10.0. The van der Waals surface area contributed by atoms with Crippen molar-refractivity contribution in [3.8, 4) is 17.2 Å². The molecule has 36 heavy (non-hydrogen) atoms. The zero-order valence-corrected chi connectivity index (χ0v) is 21.2. The summed E-state index contributed by atoms with van der Waals surface area (Å²) in [5.74, 6) is 2.45. The van der Waals surface area contributed by atoms with Crippen LogP contribution >= 0.6 is 0 Å². The first-order valence-corrected chi connectivity index (χ1v) is 12.6. The van der Waals surface area contributed by atoms with Crippen LogP contribution < -0.4 is 14.4 Å². The number of hydrogen-bond donors (Lipinski definition) is 1. The van der Waals surface area contributed by atoms with Crippen LogP contribution in [0.25, 0.3) is 0 Å². The highest BCUT2D eigenvalue weighted by atomic mass is 16.7. The van der Waals surface area contributed by atoms with Gasteiger partial charge in [-0.25, -0.2) is 0 Å². The van der Waals surface area contributed by atoms with Crippen molar-refractivity contribution >= 4 is 5.69 Å². The third-order valence-corrected chi connectivity index (χ3v) is 7.68. The van der Waals surface area contributed by atoms with E-state index in [4.69, 9.17) is 18.9 Å². The van der Waals surface area contributed by atoms with Crippen molar-refractivity contribution in [2.45, 2.75) is 31.0 Å². The van der Waals surface area contributed by atoms with E-state index < -0.39 is 0 Å². The molecule has 2 aliphatic rings. The van der Waals surface area contributed by atoms with Crippen LogP contribution in [-0.4, -0.2) is 52.4 Å². The van der Waals surface area contributed by atoms with Crippen LogP contribution in [0.3, 0.4) is 0 Å². The van der Waals surface area contributed by atoms with Crippen LogP contribution in [0.2, 0.25) is 0 Å². The third kappa shape index (κ3) is 4.88. The summed E-state index contributed by atoms with van der Waals surface area (Å²) in [6.45, 7) is 2.50. The summed E-state index contributed by atoms with van der Waals surface area (Å²) < 4.78 is 22.6. The molecule has 0 bridgehead atoms. The van der Waals surface area contributed by atoms with E-state index in [1.54, 1.807) is 33.5 Å². The van der Waals surface area contributed by atoms with E-state index in [0.29, 0.717) is 12.5 Å². The molecule has 0 radical (unpaired) electrons. The molecule has 5 rings (SSSR count). The van der Waals surface area contributed by atoms with Gasteiger partial charge in [-0.2, -0.15) is 0 Å². The van der Waals surface area contributed by atoms with Crippen molar-refractivity contribution in [3.63, 3.8) is 0 Å². The number of piperidine rings is 1. The molecular weight excluding hydrogens is 454 g/mol. The highest BCUT2D eigenvalue weighted by Gasteiger charge is 2.34. The van der Waals surface area contributed by atoms with Gasteiger partial charge < -0.3 is 29.0 Å². The van der Waals surface area contributed by atoms with Gasteiger partial charge in [0.1, 0.15) is 17.2 Å². The Morgan fingerprint density at radius 3 is 2.33 bits per heavy atom.